The van der Waals surface area contributed by atoms with Gasteiger partial charge in [-0.05, 0) is 12.1 Å². The van der Waals surface area contributed by atoms with Gasteiger partial charge in [-0.15, -0.1) is 0 Å². The molecule has 2 nitrogen and oxygen atoms in total. The van der Waals surface area contributed by atoms with E-state index in [1.54, 1.807) is 0 Å². The Morgan fingerprint density at radius 1 is 1.33 bits per heavy atom. The van der Waals surface area contributed by atoms with Crippen molar-refractivity contribution >= 4 is 5.78 Å². The van der Waals surface area contributed by atoms with Gasteiger partial charge in [0.15, 0.2) is 5.78 Å². The summed E-state index contributed by atoms with van der Waals surface area (Å²) in [5.41, 5.74) is -1.00. The third-order valence-electron chi connectivity index (χ3n) is 1.70. The van der Waals surface area contributed by atoms with Gasteiger partial charge in [0.2, 0.25) is 0 Å². The molecule has 0 aliphatic heterocycles. The molecule has 0 aliphatic carbocycles. The average molecular weight is 216 g/mol. The molecule has 0 bridgehead atoms. The Labute approximate surface area is 83.7 Å². The predicted octanol–water partition coefficient (Wildman–Crippen LogP) is 2.96. The van der Waals surface area contributed by atoms with E-state index in [1.165, 1.54) is 6.07 Å². The Hall–Kier alpha value is -1.78. The van der Waals surface area contributed by atoms with E-state index in [9.17, 15) is 18.0 Å². The lowest BCUT2D eigenvalue weighted by Crippen LogP contribution is -2.06. The van der Waals surface area contributed by atoms with Crippen LogP contribution in [-0.2, 0) is 6.18 Å². The molecule has 1 aromatic rings. The Balaban J connectivity index is 3.08. The molecular weight excluding hydrogens is 209 g/mol. The number of carbonyl (C=O) groups is 1. The average Bonchev–Trinajstić information content (AvgIpc) is 2.17. The molecule has 0 saturated heterocycles. The number of carbonyl (C=O) groups excluding carboxylic acids is 1. The van der Waals surface area contributed by atoms with Crippen molar-refractivity contribution in [3.05, 3.63) is 47.7 Å². The minimum atomic E-state index is -4.47. The highest BCUT2D eigenvalue weighted by Crippen LogP contribution is 2.29. The topological polar surface area (TPSA) is 37.3 Å². The number of allylic oxidation sites excluding steroid dienone is 1. The van der Waals surface area contributed by atoms with Gasteiger partial charge in [0, 0.05) is 11.6 Å². The number of rotatable bonds is 2. The third-order valence-corrected chi connectivity index (χ3v) is 1.70. The van der Waals surface area contributed by atoms with E-state index in [4.69, 9.17) is 5.11 Å². The summed E-state index contributed by atoms with van der Waals surface area (Å²) in [6.07, 6.45) is -3.20. The second-order valence-electron chi connectivity index (χ2n) is 2.76. The number of alkyl halides is 3. The van der Waals surface area contributed by atoms with Crippen LogP contribution in [-0.4, -0.2) is 10.9 Å². The zero-order valence-corrected chi connectivity index (χ0v) is 7.45. The van der Waals surface area contributed by atoms with Crippen LogP contribution in [0.4, 0.5) is 13.2 Å². The molecule has 15 heavy (non-hydrogen) atoms. The van der Waals surface area contributed by atoms with Crippen LogP contribution in [0, 0.1) is 0 Å². The van der Waals surface area contributed by atoms with Gasteiger partial charge >= 0.3 is 6.18 Å². The molecule has 0 spiro atoms. The first-order valence-corrected chi connectivity index (χ1v) is 3.97. The summed E-state index contributed by atoms with van der Waals surface area (Å²) in [6.45, 7) is 0. The molecular formula is C10H7F3O2. The second-order valence-corrected chi connectivity index (χ2v) is 2.76. The first-order valence-electron chi connectivity index (χ1n) is 3.97. The molecule has 0 radical (unpaired) electrons. The summed E-state index contributed by atoms with van der Waals surface area (Å²) in [5.74, 6) is -0.677. The first kappa shape index (κ1) is 11.3. The third kappa shape index (κ3) is 2.83. The predicted molar refractivity (Wildman–Crippen MR) is 47.5 cm³/mol. The van der Waals surface area contributed by atoms with Crippen molar-refractivity contribution in [3.63, 3.8) is 0 Å². The molecule has 0 saturated carbocycles. The summed E-state index contributed by atoms with van der Waals surface area (Å²) in [7, 11) is 0. The lowest BCUT2D eigenvalue weighted by atomic mass is 10.1. The summed E-state index contributed by atoms with van der Waals surface area (Å²) in [6, 6.07) is 4.00. The highest BCUT2D eigenvalue weighted by molar-refractivity contribution is 6.04. The Morgan fingerprint density at radius 2 is 2.00 bits per heavy atom. The highest BCUT2D eigenvalue weighted by Gasteiger charge is 2.30. The molecule has 0 fully saturated rings. The fourth-order valence-electron chi connectivity index (χ4n) is 1.01. The number of halogens is 3. The molecule has 80 valence electrons. The second kappa shape index (κ2) is 4.16. The van der Waals surface area contributed by atoms with Gasteiger partial charge in [0.05, 0.1) is 11.8 Å². The van der Waals surface area contributed by atoms with Gasteiger partial charge in [0.25, 0.3) is 0 Å². The minimum absolute atomic E-state index is 0.116. The van der Waals surface area contributed by atoms with Crippen molar-refractivity contribution in [1.82, 2.24) is 0 Å². The number of hydrogen-bond acceptors (Lipinski definition) is 2. The van der Waals surface area contributed by atoms with Crippen LogP contribution < -0.4 is 0 Å². The fraction of sp³-hybridized carbons (Fsp3) is 0.100. The van der Waals surface area contributed by atoms with E-state index in [1.807, 2.05) is 0 Å². The van der Waals surface area contributed by atoms with E-state index >= 15 is 0 Å². The summed E-state index contributed by atoms with van der Waals surface area (Å²) in [4.78, 5) is 11.1. The molecule has 1 N–H and O–H groups in total. The molecule has 1 rings (SSSR count). The number of aliphatic hydroxyl groups is 1. The van der Waals surface area contributed by atoms with Crippen molar-refractivity contribution in [2.45, 2.75) is 6.18 Å². The smallest absolute Gasteiger partial charge is 0.416 e. The van der Waals surface area contributed by atoms with Crippen LogP contribution in [0.2, 0.25) is 0 Å². The van der Waals surface area contributed by atoms with Crippen LogP contribution in [0.5, 0.6) is 0 Å². The van der Waals surface area contributed by atoms with Crippen LogP contribution in [0.25, 0.3) is 0 Å². The van der Waals surface area contributed by atoms with E-state index in [0.717, 1.165) is 24.3 Å². The molecule has 0 aliphatic rings. The van der Waals surface area contributed by atoms with Crippen molar-refractivity contribution in [3.8, 4) is 0 Å². The number of hydrogen-bond donors (Lipinski definition) is 1. The van der Waals surface area contributed by atoms with Crippen molar-refractivity contribution < 1.29 is 23.1 Å². The van der Waals surface area contributed by atoms with Gasteiger partial charge in [-0.1, -0.05) is 12.1 Å². The molecule has 0 amide bonds. The molecule has 0 aromatic heterocycles. The SMILES string of the molecule is O=C(C=CO)c1cccc(C(F)(F)F)c1. The van der Waals surface area contributed by atoms with Crippen molar-refractivity contribution in [2.24, 2.45) is 0 Å². The quantitative estimate of drug-likeness (QED) is 0.468. The maximum atomic E-state index is 12.2. The zero-order valence-electron chi connectivity index (χ0n) is 7.45. The lowest BCUT2D eigenvalue weighted by molar-refractivity contribution is -0.137. The van der Waals surface area contributed by atoms with E-state index in [0.29, 0.717) is 6.26 Å². The highest BCUT2D eigenvalue weighted by atomic mass is 19.4. The largest absolute Gasteiger partial charge is 0.515 e. The van der Waals surface area contributed by atoms with Crippen molar-refractivity contribution in [2.75, 3.05) is 0 Å². The van der Waals surface area contributed by atoms with E-state index in [2.05, 4.69) is 0 Å². The van der Waals surface area contributed by atoms with Gasteiger partial charge in [-0.2, -0.15) is 13.2 Å². The molecule has 1 aromatic carbocycles. The summed E-state index contributed by atoms with van der Waals surface area (Å²) >= 11 is 0. The van der Waals surface area contributed by atoms with Gasteiger partial charge in [0.1, 0.15) is 0 Å². The molecule has 0 atom stereocenters. The summed E-state index contributed by atoms with van der Waals surface area (Å²) < 4.78 is 36.7. The van der Waals surface area contributed by atoms with Crippen LogP contribution in [0.3, 0.4) is 0 Å². The number of aliphatic hydroxyl groups excluding tert-OH is 1. The van der Waals surface area contributed by atoms with E-state index in [-0.39, 0.29) is 5.56 Å². The maximum absolute atomic E-state index is 12.2. The Bertz CT molecular complexity index is 394. The summed E-state index contributed by atoms with van der Waals surface area (Å²) in [5, 5.41) is 8.30. The standard InChI is InChI=1S/C10H7F3O2/c11-10(12,13)8-3-1-2-7(6-8)9(15)4-5-14/h1-6,14H. The van der Waals surface area contributed by atoms with Gasteiger partial charge in [-0.25, -0.2) is 0 Å². The maximum Gasteiger partial charge on any atom is 0.416 e. The van der Waals surface area contributed by atoms with Crippen LogP contribution in [0.15, 0.2) is 36.6 Å². The normalized spacial score (nSPS) is 11.9. The van der Waals surface area contributed by atoms with E-state index < -0.39 is 17.5 Å². The fourth-order valence-corrected chi connectivity index (χ4v) is 1.01. The van der Waals surface area contributed by atoms with Gasteiger partial charge in [-0.3, -0.25) is 4.79 Å². The molecule has 0 heterocycles. The number of benzene rings is 1. The zero-order chi connectivity index (χ0) is 11.5. The first-order chi connectivity index (χ1) is 6.95. The molecule has 5 heteroatoms. The minimum Gasteiger partial charge on any atom is -0.515 e. The Kier molecular flexibility index (Phi) is 3.14. The molecule has 0 unspecified atom stereocenters. The lowest BCUT2D eigenvalue weighted by Gasteiger charge is -2.06. The van der Waals surface area contributed by atoms with Gasteiger partial charge < -0.3 is 5.11 Å². The van der Waals surface area contributed by atoms with Crippen molar-refractivity contribution in [1.29, 1.82) is 0 Å². The van der Waals surface area contributed by atoms with Crippen LogP contribution in [0.1, 0.15) is 15.9 Å². The monoisotopic (exact) mass is 216 g/mol. The Morgan fingerprint density at radius 3 is 2.53 bits per heavy atom. The number of ketones is 1. The van der Waals surface area contributed by atoms with Crippen LogP contribution >= 0.6 is 0 Å².